The molecule has 1 aliphatic carbocycles. The summed E-state index contributed by atoms with van der Waals surface area (Å²) in [7, 11) is 0. The van der Waals surface area contributed by atoms with Gasteiger partial charge < -0.3 is 15.2 Å². The molecule has 42 heavy (non-hydrogen) atoms. The molecular formula is C35H38N4O2Zn. The fourth-order valence-electron chi connectivity index (χ4n) is 7.11. The van der Waals surface area contributed by atoms with E-state index < -0.39 is 0 Å². The zero-order chi connectivity index (χ0) is 29.0. The van der Waals surface area contributed by atoms with E-state index >= 15 is 0 Å². The third-order valence-corrected chi connectivity index (χ3v) is 9.01. The van der Waals surface area contributed by atoms with Crippen LogP contribution in [0.2, 0.25) is 0 Å². The first-order chi connectivity index (χ1) is 19.9. The standard InChI is InChI=1S/C35H39N4O2.Zn/c1-7-18-19(8-2)27-16-31-25(17-40)21(10-4)28(37-31)14-29-20(9-3)22(11-5)34(38-29)24-13-32(41)33-23(12-6)30(39-35(24)33)15-26(18)36-27;/h14-16,40H,7-13,17H2,1-6H3,(H-,36,37,38,39,41);/q-1;+2/p-1. The van der Waals surface area contributed by atoms with Gasteiger partial charge in [0.25, 0.3) is 0 Å². The van der Waals surface area contributed by atoms with E-state index in [0.717, 1.165) is 111 Å². The number of rotatable bonds is 7. The van der Waals surface area contributed by atoms with Crippen molar-refractivity contribution < 1.29 is 29.7 Å². The topological polar surface area (TPSA) is 94.5 Å². The first-order valence-electron chi connectivity index (χ1n) is 15.2. The monoisotopic (exact) mass is 610 g/mol. The van der Waals surface area contributed by atoms with E-state index in [1.54, 1.807) is 0 Å². The molecular weight excluding hydrogens is 574 g/mol. The van der Waals surface area contributed by atoms with Crippen molar-refractivity contribution in [1.29, 1.82) is 0 Å². The average Bonchev–Trinajstić information content (AvgIpc) is 3.75. The van der Waals surface area contributed by atoms with Gasteiger partial charge >= 0.3 is 19.5 Å². The van der Waals surface area contributed by atoms with Crippen LogP contribution in [0.4, 0.5) is 0 Å². The van der Waals surface area contributed by atoms with Gasteiger partial charge in [-0.3, -0.25) is 0 Å². The maximum Gasteiger partial charge on any atom is 2.00 e. The summed E-state index contributed by atoms with van der Waals surface area (Å²) in [4.78, 5) is 20.5. The number of nitrogens with zero attached hydrogens (tertiary/aromatic N) is 4. The number of aliphatic hydroxyl groups is 1. The van der Waals surface area contributed by atoms with Crippen molar-refractivity contribution in [2.45, 2.75) is 86.5 Å². The van der Waals surface area contributed by atoms with Crippen LogP contribution in [0.3, 0.4) is 0 Å². The van der Waals surface area contributed by atoms with E-state index in [0.29, 0.717) is 6.42 Å². The molecule has 0 radical (unpaired) electrons. The second-order valence-corrected chi connectivity index (χ2v) is 11.0. The van der Waals surface area contributed by atoms with Crippen molar-refractivity contribution in [2.24, 2.45) is 15.0 Å². The predicted octanol–water partition coefficient (Wildman–Crippen LogP) is 4.34. The van der Waals surface area contributed by atoms with Gasteiger partial charge in [-0.15, -0.1) is 16.5 Å². The van der Waals surface area contributed by atoms with Crippen molar-refractivity contribution in [3.63, 3.8) is 0 Å². The maximum absolute atomic E-state index is 13.5. The second-order valence-electron chi connectivity index (χ2n) is 11.0. The molecule has 7 heteroatoms. The van der Waals surface area contributed by atoms with Gasteiger partial charge in [-0.2, -0.15) is 0 Å². The van der Waals surface area contributed by atoms with Crippen LogP contribution in [0.1, 0.15) is 84.8 Å². The number of hydrogen-bond donors (Lipinski definition) is 1. The maximum atomic E-state index is 13.5. The summed E-state index contributed by atoms with van der Waals surface area (Å²) in [5, 5.41) is 25.8. The van der Waals surface area contributed by atoms with Gasteiger partial charge in [0.1, 0.15) is 0 Å². The summed E-state index contributed by atoms with van der Waals surface area (Å²) in [6, 6.07) is 0. The molecule has 0 aromatic carbocycles. The molecule has 0 spiro atoms. The molecule has 4 aliphatic heterocycles. The van der Waals surface area contributed by atoms with Gasteiger partial charge in [0.05, 0.1) is 40.8 Å². The summed E-state index contributed by atoms with van der Waals surface area (Å²) in [6.45, 7) is 12.8. The van der Waals surface area contributed by atoms with Crippen LogP contribution in [-0.2, 0) is 32.3 Å². The van der Waals surface area contributed by atoms with Crippen LogP contribution in [0.15, 0.2) is 83.4 Å². The van der Waals surface area contributed by atoms with E-state index in [4.69, 9.17) is 20.0 Å². The van der Waals surface area contributed by atoms with Crippen LogP contribution in [0, 0.1) is 0 Å². The summed E-state index contributed by atoms with van der Waals surface area (Å²) in [5.41, 5.74) is 14.4. The van der Waals surface area contributed by atoms with Gasteiger partial charge in [-0.25, -0.2) is 15.0 Å². The zero-order valence-electron chi connectivity index (χ0n) is 25.7. The van der Waals surface area contributed by atoms with Gasteiger partial charge in [0.15, 0.2) is 0 Å². The fourth-order valence-corrected chi connectivity index (χ4v) is 7.11. The third-order valence-electron chi connectivity index (χ3n) is 9.01. The molecule has 0 unspecified atom stereocenters. The van der Waals surface area contributed by atoms with Gasteiger partial charge in [0.2, 0.25) is 0 Å². The summed E-state index contributed by atoms with van der Waals surface area (Å²) < 4.78 is 0. The first kappa shape index (κ1) is 30.3. The minimum absolute atomic E-state index is 0. The Morgan fingerprint density at radius 1 is 0.714 bits per heavy atom. The average molecular weight is 612 g/mol. The Kier molecular flexibility index (Phi) is 8.56. The fraction of sp³-hybridized carbons (Fsp3) is 0.400. The Hall–Kier alpha value is -3.15. The number of aromatic nitrogens is 1. The molecule has 0 fully saturated rings. The Morgan fingerprint density at radius 2 is 1.31 bits per heavy atom. The molecule has 5 heterocycles. The molecule has 8 bridgehead atoms. The molecule has 6 nitrogen and oxygen atoms in total. The second kappa shape index (κ2) is 11.9. The normalized spacial score (nSPS) is 19.3. The molecule has 6 rings (SSSR count). The Morgan fingerprint density at radius 3 is 1.90 bits per heavy atom. The van der Waals surface area contributed by atoms with E-state index in [9.17, 15) is 10.2 Å². The molecule has 212 valence electrons. The van der Waals surface area contributed by atoms with Gasteiger partial charge in [0, 0.05) is 5.57 Å². The van der Waals surface area contributed by atoms with E-state index in [2.05, 4.69) is 53.7 Å². The Balaban J connectivity index is 0.00000353. The zero-order valence-corrected chi connectivity index (χ0v) is 28.7. The minimum atomic E-state index is -0.0826. The summed E-state index contributed by atoms with van der Waals surface area (Å²) in [6.07, 6.45) is 11.3. The van der Waals surface area contributed by atoms with Crippen LogP contribution in [0.5, 0.6) is 0 Å². The van der Waals surface area contributed by atoms with Crippen LogP contribution in [0.25, 0.3) is 11.6 Å². The first-order valence-corrected chi connectivity index (χ1v) is 15.2. The van der Waals surface area contributed by atoms with Crippen molar-refractivity contribution in [2.75, 3.05) is 6.61 Å². The third kappa shape index (κ3) is 4.48. The number of aliphatic imine (C=N–C) groups is 3. The van der Waals surface area contributed by atoms with Crippen molar-refractivity contribution in [1.82, 2.24) is 4.98 Å². The Bertz CT molecular complexity index is 1800. The minimum Gasteiger partial charge on any atom is -0.875 e. The molecule has 0 saturated heterocycles. The molecule has 1 aromatic heterocycles. The molecule has 1 N–H and O–H groups in total. The largest absolute Gasteiger partial charge is 2.00 e. The van der Waals surface area contributed by atoms with Crippen LogP contribution in [-0.4, -0.2) is 28.8 Å². The smallest absolute Gasteiger partial charge is 0.875 e. The van der Waals surface area contributed by atoms with Gasteiger partial charge in [-0.1, -0.05) is 58.7 Å². The molecule has 0 amide bonds. The van der Waals surface area contributed by atoms with Crippen LogP contribution >= 0.6 is 0 Å². The predicted molar refractivity (Wildman–Crippen MR) is 165 cm³/mol. The number of hydrogen-bond acceptors (Lipinski definition) is 5. The summed E-state index contributed by atoms with van der Waals surface area (Å²) in [5.74, 6) is 0.131. The van der Waals surface area contributed by atoms with Crippen molar-refractivity contribution in [3.05, 3.63) is 90.3 Å². The van der Waals surface area contributed by atoms with Crippen molar-refractivity contribution in [3.8, 4) is 0 Å². The number of allylic oxidation sites excluding steroid dienone is 8. The van der Waals surface area contributed by atoms with Gasteiger partial charge in [-0.05, 0) is 90.5 Å². The number of fused-ring (bicyclic) bond motifs is 5. The Labute approximate surface area is 261 Å². The summed E-state index contributed by atoms with van der Waals surface area (Å²) >= 11 is 0. The molecule has 1 aromatic rings. The van der Waals surface area contributed by atoms with Crippen LogP contribution < -0.4 is 20.8 Å². The van der Waals surface area contributed by atoms with E-state index in [1.807, 2.05) is 6.08 Å². The SMILES string of the molecule is CCC1=C2C=C3N=C(C=C4N=C(C=c5[n-]c(c(CC)c5CC)=C5CC([O-])=C1C5=N2)C(CC)=C4CO)C(CC)=C3CC.[Zn+2]. The van der Waals surface area contributed by atoms with E-state index in [-0.39, 0.29) is 31.8 Å². The number of aliphatic hydroxyl groups excluding tert-OH is 1. The van der Waals surface area contributed by atoms with Crippen molar-refractivity contribution >= 4 is 28.8 Å². The molecule has 0 atom stereocenters. The quantitative estimate of drug-likeness (QED) is 0.465. The molecule has 0 saturated carbocycles. The molecule has 5 aliphatic rings. The van der Waals surface area contributed by atoms with E-state index in [1.165, 1.54) is 22.3 Å².